The molecule has 1 amide bonds. The Balaban J connectivity index is 0.00000180. The third kappa shape index (κ3) is 4.33. The van der Waals surface area contributed by atoms with Crippen molar-refractivity contribution in [1.29, 1.82) is 0 Å². The number of hydrogen-bond acceptors (Lipinski definition) is 3. The Morgan fingerprint density at radius 1 is 1.37 bits per heavy atom. The van der Waals surface area contributed by atoms with Gasteiger partial charge in [0, 0.05) is 13.1 Å². The molecule has 1 N–H and O–H groups in total. The molecule has 2 rings (SSSR count). The summed E-state index contributed by atoms with van der Waals surface area (Å²) < 4.78 is 15.0. The average molecular weight is 285 g/mol. The van der Waals surface area contributed by atoms with Gasteiger partial charge in [-0.25, -0.2) is 9.37 Å². The molecule has 0 aliphatic rings. The minimum absolute atomic E-state index is 0. The summed E-state index contributed by atoms with van der Waals surface area (Å²) in [5.41, 5.74) is 0.0678. The monoisotopic (exact) mass is 284 g/mol. The Morgan fingerprint density at radius 2 is 2.16 bits per heavy atom. The van der Waals surface area contributed by atoms with Crippen molar-refractivity contribution in [3.05, 3.63) is 48.3 Å². The minimum atomic E-state index is -0.508. The van der Waals surface area contributed by atoms with E-state index in [4.69, 9.17) is 0 Å². The number of nitrogens with one attached hydrogen (secondary N) is 1. The topological polar surface area (TPSA) is 59.8 Å². The zero-order valence-corrected chi connectivity index (χ0v) is 10.9. The van der Waals surface area contributed by atoms with Crippen molar-refractivity contribution >= 4 is 18.3 Å². The summed E-state index contributed by atoms with van der Waals surface area (Å²) in [4.78, 5) is 15.5. The maximum Gasteiger partial charge on any atom is 0.254 e. The molecule has 0 saturated carbocycles. The van der Waals surface area contributed by atoms with Crippen molar-refractivity contribution in [1.82, 2.24) is 20.1 Å². The number of nitrogens with zero attached hydrogens (tertiary/aromatic N) is 3. The molecule has 102 valence electrons. The van der Waals surface area contributed by atoms with Crippen LogP contribution in [0.5, 0.6) is 0 Å². The van der Waals surface area contributed by atoms with Crippen LogP contribution in [0, 0.1) is 5.82 Å². The molecule has 0 saturated heterocycles. The molecule has 0 unspecified atom stereocenters. The van der Waals surface area contributed by atoms with Crippen LogP contribution in [0.3, 0.4) is 0 Å². The van der Waals surface area contributed by atoms with Crippen LogP contribution in [0.2, 0.25) is 0 Å². The number of carbonyl (C=O) groups is 1. The molecule has 0 bridgehead atoms. The smallest absolute Gasteiger partial charge is 0.254 e. The maximum atomic E-state index is 13.3. The van der Waals surface area contributed by atoms with Crippen molar-refractivity contribution < 1.29 is 9.18 Å². The number of benzene rings is 1. The third-order valence-corrected chi connectivity index (χ3v) is 2.43. The van der Waals surface area contributed by atoms with Gasteiger partial charge in [-0.1, -0.05) is 12.1 Å². The molecule has 1 heterocycles. The second-order valence-corrected chi connectivity index (χ2v) is 3.75. The van der Waals surface area contributed by atoms with Crippen LogP contribution in [-0.4, -0.2) is 27.2 Å². The van der Waals surface area contributed by atoms with E-state index in [-0.39, 0.29) is 18.0 Å². The fraction of sp³-hybridized carbons (Fsp3) is 0.250. The number of aromatic nitrogens is 3. The van der Waals surface area contributed by atoms with Crippen LogP contribution < -0.4 is 5.32 Å². The lowest BCUT2D eigenvalue weighted by Gasteiger charge is -2.05. The van der Waals surface area contributed by atoms with Crippen LogP contribution in [-0.2, 0) is 6.54 Å². The molecule has 0 aliphatic carbocycles. The SMILES string of the molecule is Cl.O=C(NCCCn1cncn1)c1ccccc1F. The zero-order chi connectivity index (χ0) is 12.8. The van der Waals surface area contributed by atoms with Gasteiger partial charge in [-0.3, -0.25) is 9.48 Å². The van der Waals surface area contributed by atoms with Gasteiger partial charge in [0.25, 0.3) is 5.91 Å². The lowest BCUT2D eigenvalue weighted by Crippen LogP contribution is -2.26. The van der Waals surface area contributed by atoms with Crippen molar-refractivity contribution in [3.8, 4) is 0 Å². The quantitative estimate of drug-likeness (QED) is 0.850. The van der Waals surface area contributed by atoms with Gasteiger partial charge in [0.2, 0.25) is 0 Å². The summed E-state index contributed by atoms with van der Waals surface area (Å²) in [7, 11) is 0. The highest BCUT2D eigenvalue weighted by molar-refractivity contribution is 5.94. The Hall–Kier alpha value is -1.95. The van der Waals surface area contributed by atoms with Gasteiger partial charge in [0.1, 0.15) is 18.5 Å². The van der Waals surface area contributed by atoms with Crippen molar-refractivity contribution in [3.63, 3.8) is 0 Å². The van der Waals surface area contributed by atoms with E-state index in [1.54, 1.807) is 23.1 Å². The molecule has 2 aromatic rings. The van der Waals surface area contributed by atoms with E-state index in [1.165, 1.54) is 18.5 Å². The van der Waals surface area contributed by atoms with Gasteiger partial charge in [-0.15, -0.1) is 12.4 Å². The number of amides is 1. The summed E-state index contributed by atoms with van der Waals surface area (Å²) in [6, 6.07) is 5.91. The Bertz CT molecular complexity index is 518. The highest BCUT2D eigenvalue weighted by Gasteiger charge is 2.09. The molecule has 19 heavy (non-hydrogen) atoms. The van der Waals surface area contributed by atoms with E-state index in [9.17, 15) is 9.18 Å². The number of hydrogen-bond donors (Lipinski definition) is 1. The molecule has 1 aromatic carbocycles. The molecular weight excluding hydrogens is 271 g/mol. The summed E-state index contributed by atoms with van der Waals surface area (Å²) in [6.45, 7) is 1.13. The van der Waals surface area contributed by atoms with Crippen molar-refractivity contribution in [2.75, 3.05) is 6.54 Å². The van der Waals surface area contributed by atoms with Crippen molar-refractivity contribution in [2.45, 2.75) is 13.0 Å². The fourth-order valence-electron chi connectivity index (χ4n) is 1.53. The molecule has 7 heteroatoms. The first-order chi connectivity index (χ1) is 8.77. The van der Waals surface area contributed by atoms with Gasteiger partial charge >= 0.3 is 0 Å². The van der Waals surface area contributed by atoms with Crippen LogP contribution in [0.15, 0.2) is 36.9 Å². The summed E-state index contributed by atoms with van der Waals surface area (Å²) in [5, 5.41) is 6.60. The number of carbonyl (C=O) groups excluding carboxylic acids is 1. The van der Waals surface area contributed by atoms with E-state index in [1.807, 2.05) is 0 Å². The van der Waals surface area contributed by atoms with Gasteiger partial charge in [0.05, 0.1) is 5.56 Å². The van der Waals surface area contributed by atoms with E-state index in [2.05, 4.69) is 15.4 Å². The third-order valence-electron chi connectivity index (χ3n) is 2.43. The standard InChI is InChI=1S/C12H13FN4O.ClH/c13-11-5-2-1-4-10(11)12(18)15-6-3-7-17-9-14-8-16-17;/h1-2,4-5,8-9H,3,6-7H2,(H,15,18);1H. The molecule has 0 spiro atoms. The second-order valence-electron chi connectivity index (χ2n) is 3.75. The molecule has 0 radical (unpaired) electrons. The molecular formula is C12H14ClFN4O. The lowest BCUT2D eigenvalue weighted by molar-refractivity contribution is 0.0948. The lowest BCUT2D eigenvalue weighted by atomic mass is 10.2. The predicted molar refractivity (Wildman–Crippen MR) is 70.6 cm³/mol. The van der Waals surface area contributed by atoms with Gasteiger partial charge in [-0.05, 0) is 18.6 Å². The van der Waals surface area contributed by atoms with Gasteiger partial charge in [-0.2, -0.15) is 5.10 Å². The van der Waals surface area contributed by atoms with Crippen molar-refractivity contribution in [2.24, 2.45) is 0 Å². The largest absolute Gasteiger partial charge is 0.352 e. The normalized spacial score (nSPS) is 9.74. The maximum absolute atomic E-state index is 13.3. The first-order valence-electron chi connectivity index (χ1n) is 5.62. The van der Waals surface area contributed by atoms with Crippen LogP contribution in [0.25, 0.3) is 0 Å². The molecule has 0 atom stereocenters. The second kappa shape index (κ2) is 7.48. The van der Waals surface area contributed by atoms with Crippen LogP contribution in [0.1, 0.15) is 16.8 Å². The molecule has 1 aromatic heterocycles. The molecule has 5 nitrogen and oxygen atoms in total. The molecule has 0 fully saturated rings. The fourth-order valence-corrected chi connectivity index (χ4v) is 1.53. The van der Waals surface area contributed by atoms with Crippen LogP contribution >= 0.6 is 12.4 Å². The van der Waals surface area contributed by atoms with E-state index >= 15 is 0 Å². The summed E-state index contributed by atoms with van der Waals surface area (Å²) >= 11 is 0. The summed E-state index contributed by atoms with van der Waals surface area (Å²) in [6.07, 6.45) is 3.78. The Kier molecular flexibility index (Phi) is 5.95. The zero-order valence-electron chi connectivity index (χ0n) is 10.1. The van der Waals surface area contributed by atoms with Gasteiger partial charge < -0.3 is 5.32 Å². The first-order valence-corrected chi connectivity index (χ1v) is 5.62. The number of aryl methyl sites for hydroxylation is 1. The Labute approximate surface area is 116 Å². The minimum Gasteiger partial charge on any atom is -0.352 e. The average Bonchev–Trinajstić information content (AvgIpc) is 2.88. The first kappa shape index (κ1) is 15.1. The molecule has 0 aliphatic heterocycles. The number of rotatable bonds is 5. The van der Waals surface area contributed by atoms with Crippen LogP contribution in [0.4, 0.5) is 4.39 Å². The highest BCUT2D eigenvalue weighted by Crippen LogP contribution is 2.05. The predicted octanol–water partition coefficient (Wildman–Crippen LogP) is 1.66. The van der Waals surface area contributed by atoms with E-state index in [0.717, 1.165) is 0 Å². The van der Waals surface area contributed by atoms with Gasteiger partial charge in [0.15, 0.2) is 0 Å². The van der Waals surface area contributed by atoms with E-state index in [0.29, 0.717) is 19.5 Å². The van der Waals surface area contributed by atoms with E-state index < -0.39 is 11.7 Å². The number of halogens is 2. The Morgan fingerprint density at radius 3 is 2.84 bits per heavy atom. The highest BCUT2D eigenvalue weighted by atomic mass is 35.5. The summed E-state index contributed by atoms with van der Waals surface area (Å²) in [5.74, 6) is -0.905.